The number of hydrogen-bond donors (Lipinski definition) is 0. The summed E-state index contributed by atoms with van der Waals surface area (Å²) >= 11 is 1.86. The van der Waals surface area contributed by atoms with Gasteiger partial charge in [-0.1, -0.05) is 139 Å². The summed E-state index contributed by atoms with van der Waals surface area (Å²) in [5.41, 5.74) is 18.7. The molecule has 1 unspecified atom stereocenters. The Labute approximate surface area is 398 Å². The molecule has 11 aromatic rings. The second kappa shape index (κ2) is 14.9. The molecule has 318 valence electrons. The van der Waals surface area contributed by atoms with Crippen molar-refractivity contribution < 1.29 is 4.42 Å². The van der Waals surface area contributed by atoms with Crippen LogP contribution in [0.25, 0.3) is 33.1 Å². The number of nitrogens with zero attached hydrogens (tertiary/aromatic N) is 4. The van der Waals surface area contributed by atoms with E-state index in [1.807, 2.05) is 54.2 Å². The van der Waals surface area contributed by atoms with Crippen molar-refractivity contribution >= 4 is 84.9 Å². The molecule has 0 fully saturated rings. The van der Waals surface area contributed by atoms with Gasteiger partial charge in [0, 0.05) is 49.0 Å². The summed E-state index contributed by atoms with van der Waals surface area (Å²) in [7, 11) is 0. The lowest BCUT2D eigenvalue weighted by atomic mass is 9.64. The summed E-state index contributed by atoms with van der Waals surface area (Å²) in [5.74, 6) is 0. The maximum atomic E-state index is 9.79. The normalized spacial score (nSPS) is 14.7. The molecule has 6 heteroatoms. The first-order valence-corrected chi connectivity index (χ1v) is 23.7. The number of rotatable bonds is 6. The molecule has 5 nitrogen and oxygen atoms in total. The van der Waals surface area contributed by atoms with Gasteiger partial charge in [0.05, 0.1) is 39.8 Å². The number of para-hydroxylation sites is 6. The van der Waals surface area contributed by atoms with Crippen LogP contribution in [0.3, 0.4) is 0 Å². The van der Waals surface area contributed by atoms with Gasteiger partial charge < -0.3 is 19.1 Å². The highest BCUT2D eigenvalue weighted by atomic mass is 32.2. The van der Waals surface area contributed by atoms with Crippen molar-refractivity contribution in [1.82, 2.24) is 0 Å². The predicted octanol–water partition coefficient (Wildman–Crippen LogP) is 17.0. The van der Waals surface area contributed by atoms with Gasteiger partial charge in [-0.15, -0.1) is 0 Å². The minimum Gasteiger partial charge on any atom is -0.454 e. The number of benzene rings is 10. The lowest BCUT2D eigenvalue weighted by Crippen LogP contribution is -2.37. The van der Waals surface area contributed by atoms with Gasteiger partial charge in [-0.25, -0.2) is 0 Å². The maximum Gasteiger partial charge on any atom is 0.159 e. The van der Waals surface area contributed by atoms with Gasteiger partial charge in [-0.2, -0.15) is 5.26 Å². The zero-order valence-corrected chi connectivity index (χ0v) is 37.4. The quantitative estimate of drug-likeness (QED) is 0.166. The molecule has 2 aliphatic heterocycles. The lowest BCUT2D eigenvalue weighted by molar-refractivity contribution is 0.669. The highest BCUT2D eigenvalue weighted by Crippen LogP contribution is 2.67. The van der Waals surface area contributed by atoms with Crippen molar-refractivity contribution in [1.29, 1.82) is 5.26 Å². The molecule has 1 aromatic heterocycles. The number of fused-ring (bicyclic) bond motifs is 14. The molecule has 0 saturated carbocycles. The largest absolute Gasteiger partial charge is 0.454 e. The van der Waals surface area contributed by atoms with Gasteiger partial charge in [-0.05, 0) is 137 Å². The van der Waals surface area contributed by atoms with Crippen molar-refractivity contribution in [2.45, 2.75) is 15.2 Å². The second-order valence-electron chi connectivity index (χ2n) is 17.5. The van der Waals surface area contributed by atoms with Crippen LogP contribution in [-0.2, 0) is 5.41 Å². The fourth-order valence-electron chi connectivity index (χ4n) is 11.3. The average molecular weight is 887 g/mol. The smallest absolute Gasteiger partial charge is 0.159 e. The molecule has 14 rings (SSSR count). The molecule has 0 radical (unpaired) electrons. The highest BCUT2D eigenvalue weighted by Gasteiger charge is 2.53. The average Bonchev–Trinajstić information content (AvgIpc) is 3.92. The summed E-state index contributed by atoms with van der Waals surface area (Å²) in [4.78, 5) is 9.65. The Kier molecular flexibility index (Phi) is 8.43. The van der Waals surface area contributed by atoms with E-state index in [0.29, 0.717) is 5.56 Å². The molecule has 1 spiro atoms. The Bertz CT molecular complexity index is 3880. The van der Waals surface area contributed by atoms with Crippen molar-refractivity contribution in [2.24, 2.45) is 0 Å². The molecule has 10 aromatic carbocycles. The van der Waals surface area contributed by atoms with Crippen LogP contribution in [0.5, 0.6) is 0 Å². The first kappa shape index (κ1) is 38.5. The van der Waals surface area contributed by atoms with E-state index in [1.54, 1.807) is 0 Å². The Hall–Kier alpha value is -8.76. The molecule has 3 aliphatic rings. The number of furan rings is 1. The van der Waals surface area contributed by atoms with Crippen LogP contribution in [0.2, 0.25) is 0 Å². The van der Waals surface area contributed by atoms with Crippen molar-refractivity contribution in [3.63, 3.8) is 0 Å². The van der Waals surface area contributed by atoms with Gasteiger partial charge in [0.1, 0.15) is 5.58 Å². The topological polar surface area (TPSA) is 46.7 Å². The summed E-state index contributed by atoms with van der Waals surface area (Å²) in [5, 5.41) is 11.8. The van der Waals surface area contributed by atoms with Gasteiger partial charge in [0.25, 0.3) is 0 Å². The van der Waals surface area contributed by atoms with Gasteiger partial charge in [-0.3, -0.25) is 0 Å². The zero-order valence-electron chi connectivity index (χ0n) is 36.5. The van der Waals surface area contributed by atoms with E-state index in [-0.39, 0.29) is 0 Å². The summed E-state index contributed by atoms with van der Waals surface area (Å²) in [6.45, 7) is 0. The Morgan fingerprint density at radius 3 is 1.87 bits per heavy atom. The Balaban J connectivity index is 1.02. The van der Waals surface area contributed by atoms with E-state index in [0.717, 1.165) is 56.1 Å². The SMILES string of the molecule is N#Cc1ccc(N(c2ccccc2)c2cc(N(c3ccccc3)c3ccc4c(c3)-c3ccccc3C43c4ccccc4N4c5ccccc5Sc5cccc3c54)cc3c2oc2ccccc23)cc1. The molecule has 3 heterocycles. The highest BCUT2D eigenvalue weighted by molar-refractivity contribution is 7.99. The van der Waals surface area contributed by atoms with Crippen LogP contribution in [0, 0.1) is 11.3 Å². The fourth-order valence-corrected chi connectivity index (χ4v) is 12.4. The standard InChI is InChI=1S/C62H38N4OS/c63-39-40-30-32-43(33-31-40)65(42-18-5-2-6-19-42)56-38-45(37-49-47-21-8-13-27-57(47)67-61(49)56)64(41-16-3-1-4-17-41)44-34-35-51-48(36-44)46-20-7-9-22-50(46)62(51)52-23-10-11-25-54(52)66-55-26-12-14-28-58(55)68-59-29-15-24-53(62)60(59)66/h1-38H. The third kappa shape index (κ3) is 5.45. The lowest BCUT2D eigenvalue weighted by Gasteiger charge is -2.47. The molecular formula is C62H38N4OS. The summed E-state index contributed by atoms with van der Waals surface area (Å²) in [6.07, 6.45) is 0. The van der Waals surface area contributed by atoms with Crippen LogP contribution in [-0.4, -0.2) is 0 Å². The number of nitriles is 1. The van der Waals surface area contributed by atoms with E-state index < -0.39 is 5.41 Å². The van der Waals surface area contributed by atoms with Gasteiger partial charge in [0.15, 0.2) is 5.58 Å². The molecule has 0 amide bonds. The van der Waals surface area contributed by atoms with E-state index in [9.17, 15) is 5.26 Å². The monoisotopic (exact) mass is 886 g/mol. The number of hydrogen-bond acceptors (Lipinski definition) is 6. The Morgan fingerprint density at radius 1 is 0.441 bits per heavy atom. The van der Waals surface area contributed by atoms with Crippen LogP contribution < -0.4 is 14.7 Å². The molecule has 0 bridgehead atoms. The first-order valence-electron chi connectivity index (χ1n) is 22.9. The number of anilines is 9. The van der Waals surface area contributed by atoms with E-state index in [2.05, 4.69) is 209 Å². The first-order chi connectivity index (χ1) is 33.7. The van der Waals surface area contributed by atoms with E-state index in [4.69, 9.17) is 4.42 Å². The molecule has 68 heavy (non-hydrogen) atoms. The van der Waals surface area contributed by atoms with Crippen LogP contribution in [0.15, 0.2) is 245 Å². The van der Waals surface area contributed by atoms with E-state index >= 15 is 0 Å². The van der Waals surface area contributed by atoms with Crippen LogP contribution in [0.1, 0.15) is 27.8 Å². The second-order valence-corrected chi connectivity index (χ2v) is 18.6. The summed E-state index contributed by atoms with van der Waals surface area (Å²) < 4.78 is 6.85. The zero-order chi connectivity index (χ0) is 44.9. The van der Waals surface area contributed by atoms with Crippen LogP contribution >= 0.6 is 11.8 Å². The van der Waals surface area contributed by atoms with Gasteiger partial charge >= 0.3 is 0 Å². The molecule has 0 saturated heterocycles. The maximum absolute atomic E-state index is 9.79. The molecule has 1 aliphatic carbocycles. The predicted molar refractivity (Wildman–Crippen MR) is 277 cm³/mol. The van der Waals surface area contributed by atoms with E-state index in [1.165, 1.54) is 60.2 Å². The molecule has 0 N–H and O–H groups in total. The fraction of sp³-hybridized carbons (Fsp3) is 0.0161. The third-order valence-electron chi connectivity index (χ3n) is 14.0. The van der Waals surface area contributed by atoms with Crippen LogP contribution in [0.4, 0.5) is 51.2 Å². The van der Waals surface area contributed by atoms with Crippen molar-refractivity contribution in [3.05, 3.63) is 258 Å². The van der Waals surface area contributed by atoms with Crippen molar-refractivity contribution in [2.75, 3.05) is 14.7 Å². The minimum atomic E-state index is -0.563. The third-order valence-corrected chi connectivity index (χ3v) is 15.1. The van der Waals surface area contributed by atoms with Gasteiger partial charge in [0.2, 0.25) is 0 Å². The summed E-state index contributed by atoms with van der Waals surface area (Å²) in [6, 6.07) is 84.9. The minimum absolute atomic E-state index is 0.563. The van der Waals surface area contributed by atoms with Crippen molar-refractivity contribution in [3.8, 4) is 17.2 Å². The Morgan fingerprint density at radius 2 is 1.06 bits per heavy atom. The molecule has 1 atom stereocenters. The molecular weight excluding hydrogens is 849 g/mol.